The van der Waals surface area contributed by atoms with Crippen molar-refractivity contribution < 1.29 is 14.4 Å². The van der Waals surface area contributed by atoms with Crippen LogP contribution in [0.3, 0.4) is 0 Å². The van der Waals surface area contributed by atoms with Crippen LogP contribution in [0.4, 0.5) is 0 Å². The molecule has 2 unspecified atom stereocenters. The lowest BCUT2D eigenvalue weighted by atomic mass is 9.81. The smallest absolute Gasteiger partial charge is 0.377 e. The van der Waals surface area contributed by atoms with E-state index in [-0.39, 0.29) is 11.7 Å². The predicted octanol–water partition coefficient (Wildman–Crippen LogP) is 0.861. The fourth-order valence-corrected chi connectivity index (χ4v) is 1.61. The number of hydrogen-bond acceptors (Lipinski definition) is 5. The molecule has 1 aromatic rings. The second-order valence-corrected chi connectivity index (χ2v) is 3.69. The zero-order chi connectivity index (χ0) is 12.5. The van der Waals surface area contributed by atoms with E-state index in [0.717, 1.165) is 0 Å². The lowest BCUT2D eigenvalue weighted by Gasteiger charge is -2.29. The number of allylic oxidation sites excluding steroid dienone is 2. The highest BCUT2D eigenvalue weighted by molar-refractivity contribution is 5.82. The molecule has 6 heteroatoms. The number of carbonyl (C=O) groups is 1. The van der Waals surface area contributed by atoms with Crippen molar-refractivity contribution in [3.05, 3.63) is 48.7 Å². The summed E-state index contributed by atoms with van der Waals surface area (Å²) in [5, 5.41) is 12.1. The van der Waals surface area contributed by atoms with Gasteiger partial charge in [0.2, 0.25) is 5.89 Å². The number of aromatic nitrogens is 2. The molecule has 1 aliphatic rings. The number of rotatable bonds is 3. The third-order valence-corrected chi connectivity index (χ3v) is 2.59. The fraction of sp³-hybridized carbons (Fsp3) is 0.182. The molecule has 6 nitrogen and oxygen atoms in total. The fourth-order valence-electron chi connectivity index (χ4n) is 1.61. The van der Waals surface area contributed by atoms with E-state index < -0.39 is 17.4 Å². The zero-order valence-electron chi connectivity index (χ0n) is 8.91. The van der Waals surface area contributed by atoms with Crippen LogP contribution in [0.5, 0.6) is 0 Å². The Labute approximate surface area is 97.1 Å². The third-order valence-electron chi connectivity index (χ3n) is 2.59. The molecule has 0 radical (unpaired) electrons. The van der Waals surface area contributed by atoms with Gasteiger partial charge in [-0.25, -0.2) is 4.79 Å². The molecule has 2 atom stereocenters. The van der Waals surface area contributed by atoms with Gasteiger partial charge in [0.25, 0.3) is 5.82 Å². The van der Waals surface area contributed by atoms with Crippen LogP contribution in [-0.2, 0) is 0 Å². The molecule has 0 aromatic carbocycles. The van der Waals surface area contributed by atoms with Crippen LogP contribution >= 0.6 is 0 Å². The van der Waals surface area contributed by atoms with E-state index in [1.807, 2.05) is 0 Å². The van der Waals surface area contributed by atoms with Gasteiger partial charge in [0.1, 0.15) is 0 Å². The number of hydrogen-bond donors (Lipinski definition) is 2. The Balaban J connectivity index is 2.38. The molecule has 1 aromatic heterocycles. The standard InChI is InChI=1S/C11H11N3O3/c1-2-11(12)6-4-3-5-7(11)9-13-8(10(15)16)14-17-9/h2-7H,1,12H2,(H,15,16). The molecular formula is C11H11N3O3. The van der Waals surface area contributed by atoms with E-state index in [4.69, 9.17) is 15.4 Å². The van der Waals surface area contributed by atoms with Crippen molar-refractivity contribution >= 4 is 5.97 Å². The number of nitrogens with zero attached hydrogens (tertiary/aromatic N) is 2. The number of nitrogens with two attached hydrogens (primary N) is 1. The lowest BCUT2D eigenvalue weighted by Crippen LogP contribution is -2.42. The summed E-state index contributed by atoms with van der Waals surface area (Å²) in [5.74, 6) is -1.87. The van der Waals surface area contributed by atoms with Gasteiger partial charge in [-0.1, -0.05) is 30.4 Å². The van der Waals surface area contributed by atoms with Crippen LogP contribution in [-0.4, -0.2) is 26.8 Å². The minimum Gasteiger partial charge on any atom is -0.475 e. The number of carboxylic acid groups (broad SMARTS) is 1. The summed E-state index contributed by atoms with van der Waals surface area (Å²) >= 11 is 0. The Kier molecular flexibility index (Phi) is 2.64. The maximum Gasteiger partial charge on any atom is 0.377 e. The molecule has 0 spiro atoms. The molecule has 2 rings (SSSR count). The van der Waals surface area contributed by atoms with Crippen LogP contribution in [0.1, 0.15) is 22.4 Å². The maximum atomic E-state index is 10.7. The summed E-state index contributed by atoms with van der Waals surface area (Å²) in [6.07, 6.45) is 8.63. The highest BCUT2D eigenvalue weighted by atomic mass is 16.5. The summed E-state index contributed by atoms with van der Waals surface area (Å²) in [6, 6.07) is 0. The molecule has 0 bridgehead atoms. The van der Waals surface area contributed by atoms with Gasteiger partial charge < -0.3 is 15.4 Å². The maximum absolute atomic E-state index is 10.7. The van der Waals surface area contributed by atoms with E-state index in [1.165, 1.54) is 0 Å². The first-order chi connectivity index (χ1) is 8.07. The van der Waals surface area contributed by atoms with Crippen LogP contribution in [0.15, 0.2) is 41.5 Å². The van der Waals surface area contributed by atoms with Gasteiger partial charge in [-0.15, -0.1) is 6.58 Å². The predicted molar refractivity (Wildman–Crippen MR) is 59.4 cm³/mol. The Bertz CT molecular complexity index is 518. The van der Waals surface area contributed by atoms with Gasteiger partial charge >= 0.3 is 5.97 Å². The van der Waals surface area contributed by atoms with Crippen molar-refractivity contribution in [2.24, 2.45) is 5.73 Å². The summed E-state index contributed by atoms with van der Waals surface area (Å²) in [5.41, 5.74) is 5.24. The van der Waals surface area contributed by atoms with Crippen molar-refractivity contribution in [1.82, 2.24) is 10.1 Å². The highest BCUT2D eigenvalue weighted by Crippen LogP contribution is 2.31. The van der Waals surface area contributed by atoms with Crippen molar-refractivity contribution in [2.45, 2.75) is 11.5 Å². The molecule has 0 saturated carbocycles. The van der Waals surface area contributed by atoms with Crippen molar-refractivity contribution in [3.8, 4) is 0 Å². The topological polar surface area (TPSA) is 102 Å². The second-order valence-electron chi connectivity index (χ2n) is 3.69. The highest BCUT2D eigenvalue weighted by Gasteiger charge is 2.35. The molecule has 88 valence electrons. The van der Waals surface area contributed by atoms with Gasteiger partial charge in [-0.2, -0.15) is 4.98 Å². The molecule has 17 heavy (non-hydrogen) atoms. The Morgan fingerprint density at radius 2 is 2.41 bits per heavy atom. The third kappa shape index (κ3) is 1.90. The first kappa shape index (κ1) is 11.3. The van der Waals surface area contributed by atoms with E-state index in [9.17, 15) is 4.79 Å². The molecule has 0 aliphatic heterocycles. The van der Waals surface area contributed by atoms with E-state index in [1.54, 1.807) is 30.4 Å². The van der Waals surface area contributed by atoms with Crippen molar-refractivity contribution in [1.29, 1.82) is 0 Å². The monoisotopic (exact) mass is 233 g/mol. The first-order valence-corrected chi connectivity index (χ1v) is 4.92. The zero-order valence-corrected chi connectivity index (χ0v) is 8.91. The van der Waals surface area contributed by atoms with E-state index >= 15 is 0 Å². The first-order valence-electron chi connectivity index (χ1n) is 4.92. The summed E-state index contributed by atoms with van der Waals surface area (Å²) < 4.78 is 4.91. The molecular weight excluding hydrogens is 222 g/mol. The van der Waals surface area contributed by atoms with Crippen molar-refractivity contribution in [2.75, 3.05) is 0 Å². The Hall–Kier alpha value is -2.21. The molecule has 0 saturated heterocycles. The average molecular weight is 233 g/mol. The van der Waals surface area contributed by atoms with Gasteiger partial charge in [-0.3, -0.25) is 0 Å². The minimum absolute atomic E-state index is 0.158. The number of carboxylic acids is 1. The molecule has 0 amide bonds. The van der Waals surface area contributed by atoms with Crippen LogP contribution in [0.2, 0.25) is 0 Å². The van der Waals surface area contributed by atoms with Crippen molar-refractivity contribution in [3.63, 3.8) is 0 Å². The second kappa shape index (κ2) is 3.99. The van der Waals surface area contributed by atoms with Gasteiger partial charge in [-0.05, 0) is 5.16 Å². The molecule has 3 N–H and O–H groups in total. The van der Waals surface area contributed by atoms with Gasteiger partial charge in [0, 0.05) is 0 Å². The lowest BCUT2D eigenvalue weighted by molar-refractivity contribution is 0.0680. The number of aromatic carboxylic acids is 1. The van der Waals surface area contributed by atoms with Gasteiger partial charge in [0.05, 0.1) is 11.5 Å². The Morgan fingerprint density at radius 1 is 1.65 bits per heavy atom. The summed E-state index contributed by atoms with van der Waals surface area (Å²) in [6.45, 7) is 3.66. The van der Waals surface area contributed by atoms with Crippen LogP contribution in [0.25, 0.3) is 0 Å². The SMILES string of the molecule is C=CC1(N)C=CC=CC1c1nc(C(=O)O)no1. The van der Waals surface area contributed by atoms with Crippen LogP contribution in [0, 0.1) is 0 Å². The Morgan fingerprint density at radius 3 is 3.00 bits per heavy atom. The molecule has 1 heterocycles. The largest absolute Gasteiger partial charge is 0.475 e. The van der Waals surface area contributed by atoms with Crippen LogP contribution < -0.4 is 5.73 Å². The van der Waals surface area contributed by atoms with Gasteiger partial charge in [0.15, 0.2) is 0 Å². The molecule has 1 aliphatic carbocycles. The summed E-state index contributed by atoms with van der Waals surface area (Å²) in [7, 11) is 0. The minimum atomic E-state index is -1.24. The molecule has 0 fully saturated rings. The summed E-state index contributed by atoms with van der Waals surface area (Å²) in [4.78, 5) is 14.4. The normalized spacial score (nSPS) is 27.0. The van der Waals surface area contributed by atoms with E-state index in [2.05, 4.69) is 16.7 Å². The average Bonchev–Trinajstić information content (AvgIpc) is 2.79. The van der Waals surface area contributed by atoms with E-state index in [0.29, 0.717) is 0 Å². The quantitative estimate of drug-likeness (QED) is 0.750.